The maximum Gasteiger partial charge on any atom is 0.250 e. The van der Waals surface area contributed by atoms with E-state index in [1.807, 2.05) is 0 Å². The SMILES string of the molecule is CCC1C(=O)NC(C)C(=O)N1c1ccc(F)cc1F. The normalized spacial score (nSPS) is 23.5. The minimum absolute atomic E-state index is 0.0695. The Kier molecular flexibility index (Phi) is 3.50. The quantitative estimate of drug-likeness (QED) is 0.885. The van der Waals surface area contributed by atoms with Crippen LogP contribution in [-0.2, 0) is 9.59 Å². The van der Waals surface area contributed by atoms with E-state index in [0.717, 1.165) is 11.0 Å². The van der Waals surface area contributed by atoms with Gasteiger partial charge in [-0.1, -0.05) is 6.92 Å². The number of amides is 2. The van der Waals surface area contributed by atoms with Gasteiger partial charge in [0.25, 0.3) is 0 Å². The average Bonchev–Trinajstić information content (AvgIpc) is 2.34. The number of carbonyl (C=O) groups is 2. The number of rotatable bonds is 2. The second-order valence-corrected chi connectivity index (χ2v) is 4.46. The van der Waals surface area contributed by atoms with Gasteiger partial charge in [-0.2, -0.15) is 0 Å². The van der Waals surface area contributed by atoms with Gasteiger partial charge in [-0.25, -0.2) is 8.78 Å². The highest BCUT2D eigenvalue weighted by molar-refractivity contribution is 6.08. The van der Waals surface area contributed by atoms with Crippen molar-refractivity contribution in [1.82, 2.24) is 5.32 Å². The van der Waals surface area contributed by atoms with Gasteiger partial charge in [0.15, 0.2) is 0 Å². The van der Waals surface area contributed by atoms with E-state index in [1.54, 1.807) is 6.92 Å². The number of carbonyl (C=O) groups excluding carboxylic acids is 2. The zero-order valence-corrected chi connectivity index (χ0v) is 10.6. The average molecular weight is 268 g/mol. The lowest BCUT2D eigenvalue weighted by Crippen LogP contribution is -2.62. The van der Waals surface area contributed by atoms with Gasteiger partial charge in [0, 0.05) is 6.07 Å². The summed E-state index contributed by atoms with van der Waals surface area (Å²) < 4.78 is 26.7. The Hall–Kier alpha value is -1.98. The predicted octanol–water partition coefficient (Wildman–Crippen LogP) is 1.59. The van der Waals surface area contributed by atoms with Crippen molar-refractivity contribution in [2.45, 2.75) is 32.4 Å². The fourth-order valence-corrected chi connectivity index (χ4v) is 2.18. The molecule has 102 valence electrons. The summed E-state index contributed by atoms with van der Waals surface area (Å²) in [6.07, 6.45) is 0.348. The Balaban J connectivity index is 2.48. The Morgan fingerprint density at radius 3 is 2.58 bits per heavy atom. The Labute approximate surface area is 109 Å². The molecule has 6 heteroatoms. The van der Waals surface area contributed by atoms with Crippen LogP contribution >= 0.6 is 0 Å². The fraction of sp³-hybridized carbons (Fsp3) is 0.385. The third kappa shape index (κ3) is 2.30. The molecule has 1 aromatic rings. The molecule has 1 heterocycles. The van der Waals surface area contributed by atoms with E-state index in [4.69, 9.17) is 0 Å². The number of anilines is 1. The molecule has 1 aliphatic rings. The first-order valence-electron chi connectivity index (χ1n) is 6.04. The van der Waals surface area contributed by atoms with Crippen LogP contribution in [0.25, 0.3) is 0 Å². The van der Waals surface area contributed by atoms with Gasteiger partial charge in [-0.05, 0) is 25.5 Å². The summed E-state index contributed by atoms with van der Waals surface area (Å²) in [4.78, 5) is 25.1. The van der Waals surface area contributed by atoms with Gasteiger partial charge in [0.1, 0.15) is 23.7 Å². The molecule has 1 aliphatic heterocycles. The first-order chi connectivity index (χ1) is 8.95. The van der Waals surface area contributed by atoms with Crippen LogP contribution in [0.2, 0.25) is 0 Å². The van der Waals surface area contributed by atoms with Crippen LogP contribution in [0.3, 0.4) is 0 Å². The summed E-state index contributed by atoms with van der Waals surface area (Å²) >= 11 is 0. The molecule has 1 aromatic carbocycles. The van der Waals surface area contributed by atoms with E-state index in [0.29, 0.717) is 12.5 Å². The lowest BCUT2D eigenvalue weighted by molar-refractivity contribution is -0.133. The highest BCUT2D eigenvalue weighted by Gasteiger charge is 2.39. The molecular formula is C13H14F2N2O2. The molecule has 0 spiro atoms. The summed E-state index contributed by atoms with van der Waals surface area (Å²) in [5.41, 5.74) is -0.0695. The predicted molar refractivity (Wildman–Crippen MR) is 65.5 cm³/mol. The van der Waals surface area contributed by atoms with Crippen LogP contribution in [-0.4, -0.2) is 23.9 Å². The number of hydrogen-bond donors (Lipinski definition) is 1. The first kappa shape index (κ1) is 13.5. The summed E-state index contributed by atoms with van der Waals surface area (Å²) in [7, 11) is 0. The van der Waals surface area contributed by atoms with Gasteiger partial charge in [-0.15, -0.1) is 0 Å². The van der Waals surface area contributed by atoms with Gasteiger partial charge >= 0.3 is 0 Å². The van der Waals surface area contributed by atoms with Gasteiger partial charge in [-0.3, -0.25) is 14.5 Å². The Morgan fingerprint density at radius 2 is 2.00 bits per heavy atom. The monoisotopic (exact) mass is 268 g/mol. The second kappa shape index (κ2) is 4.95. The van der Waals surface area contributed by atoms with Crippen molar-refractivity contribution in [1.29, 1.82) is 0 Å². The molecule has 0 radical (unpaired) electrons. The van der Waals surface area contributed by atoms with E-state index in [-0.39, 0.29) is 11.6 Å². The van der Waals surface area contributed by atoms with Crippen molar-refractivity contribution in [2.75, 3.05) is 4.90 Å². The van der Waals surface area contributed by atoms with Crippen LogP contribution in [0.1, 0.15) is 20.3 Å². The molecule has 19 heavy (non-hydrogen) atoms. The molecule has 1 saturated heterocycles. The Bertz CT molecular complexity index is 533. The summed E-state index contributed by atoms with van der Waals surface area (Å²) in [6, 6.07) is 1.45. The highest BCUT2D eigenvalue weighted by Crippen LogP contribution is 2.26. The molecular weight excluding hydrogens is 254 g/mol. The van der Waals surface area contributed by atoms with Crippen LogP contribution in [0, 0.1) is 11.6 Å². The summed E-state index contributed by atoms with van der Waals surface area (Å²) in [5, 5.41) is 2.53. The van der Waals surface area contributed by atoms with Crippen LogP contribution in [0.4, 0.5) is 14.5 Å². The Morgan fingerprint density at radius 1 is 1.32 bits per heavy atom. The molecule has 0 bridgehead atoms. The van der Waals surface area contributed by atoms with Crippen molar-refractivity contribution >= 4 is 17.5 Å². The molecule has 4 nitrogen and oxygen atoms in total. The maximum absolute atomic E-state index is 13.8. The largest absolute Gasteiger partial charge is 0.343 e. The number of nitrogens with zero attached hydrogens (tertiary/aromatic N) is 1. The maximum atomic E-state index is 13.8. The van der Waals surface area contributed by atoms with Crippen LogP contribution < -0.4 is 10.2 Å². The zero-order valence-electron chi connectivity index (χ0n) is 10.6. The number of benzene rings is 1. The lowest BCUT2D eigenvalue weighted by atomic mass is 10.0. The highest BCUT2D eigenvalue weighted by atomic mass is 19.1. The summed E-state index contributed by atoms with van der Waals surface area (Å²) in [6.45, 7) is 3.25. The van der Waals surface area contributed by atoms with Gasteiger partial charge in [0.05, 0.1) is 5.69 Å². The first-order valence-corrected chi connectivity index (χ1v) is 6.04. The van der Waals surface area contributed by atoms with Crippen molar-refractivity contribution in [3.63, 3.8) is 0 Å². The molecule has 0 aromatic heterocycles. The van der Waals surface area contributed by atoms with E-state index in [9.17, 15) is 18.4 Å². The molecule has 0 aliphatic carbocycles. The van der Waals surface area contributed by atoms with Crippen molar-refractivity contribution in [2.24, 2.45) is 0 Å². The number of halogens is 2. The molecule has 0 saturated carbocycles. The van der Waals surface area contributed by atoms with Crippen molar-refractivity contribution in [3.8, 4) is 0 Å². The number of piperazine rings is 1. The zero-order chi connectivity index (χ0) is 14.2. The summed E-state index contributed by atoms with van der Waals surface area (Å²) in [5.74, 6) is -2.32. The lowest BCUT2D eigenvalue weighted by Gasteiger charge is -2.37. The molecule has 2 amide bonds. The topological polar surface area (TPSA) is 49.4 Å². The van der Waals surface area contributed by atoms with E-state index in [2.05, 4.69) is 5.32 Å². The van der Waals surface area contributed by atoms with Crippen LogP contribution in [0.15, 0.2) is 18.2 Å². The smallest absolute Gasteiger partial charge is 0.250 e. The van der Waals surface area contributed by atoms with Crippen molar-refractivity contribution < 1.29 is 18.4 Å². The second-order valence-electron chi connectivity index (χ2n) is 4.46. The van der Waals surface area contributed by atoms with E-state index < -0.39 is 29.6 Å². The van der Waals surface area contributed by atoms with Crippen LogP contribution in [0.5, 0.6) is 0 Å². The van der Waals surface area contributed by atoms with Gasteiger partial charge < -0.3 is 5.32 Å². The molecule has 2 unspecified atom stereocenters. The van der Waals surface area contributed by atoms with E-state index in [1.165, 1.54) is 13.0 Å². The van der Waals surface area contributed by atoms with E-state index >= 15 is 0 Å². The van der Waals surface area contributed by atoms with Crippen molar-refractivity contribution in [3.05, 3.63) is 29.8 Å². The minimum atomic E-state index is -0.853. The third-order valence-corrected chi connectivity index (χ3v) is 3.14. The molecule has 1 fully saturated rings. The minimum Gasteiger partial charge on any atom is -0.343 e. The third-order valence-electron chi connectivity index (χ3n) is 3.14. The fourth-order valence-electron chi connectivity index (χ4n) is 2.18. The number of hydrogen-bond acceptors (Lipinski definition) is 2. The standard InChI is InChI=1S/C13H14F2N2O2/c1-3-10-12(18)16-7(2)13(19)17(10)11-5-4-8(14)6-9(11)15/h4-7,10H,3H2,1-2H3,(H,16,18). The number of nitrogens with one attached hydrogen (secondary N) is 1. The molecule has 2 atom stereocenters. The molecule has 1 N–H and O–H groups in total. The molecule has 2 rings (SSSR count). The van der Waals surface area contributed by atoms with Gasteiger partial charge in [0.2, 0.25) is 11.8 Å².